The van der Waals surface area contributed by atoms with Crippen LogP contribution in [-0.2, 0) is 16.1 Å². The molecule has 0 spiro atoms. The number of amides is 1. The standard InChI is InChI=1S/C22H22N2O8/c1-26-19-7-14(8-20(27-2)22(19)28-3)23-21(25)11-29-10-15-9-17(32-24-15)13-4-5-16-18(6-13)31-12-30-16/h4-9H,10-12H2,1-3H3,(H,23,25). The molecule has 168 valence electrons. The highest BCUT2D eigenvalue weighted by molar-refractivity contribution is 5.92. The first-order valence-corrected chi connectivity index (χ1v) is 9.64. The molecular weight excluding hydrogens is 420 g/mol. The van der Waals surface area contributed by atoms with Crippen molar-refractivity contribution in [2.24, 2.45) is 0 Å². The van der Waals surface area contributed by atoms with Crippen LogP contribution in [0.5, 0.6) is 28.7 Å². The van der Waals surface area contributed by atoms with Crippen molar-refractivity contribution < 1.29 is 37.7 Å². The van der Waals surface area contributed by atoms with Gasteiger partial charge in [-0.2, -0.15) is 0 Å². The van der Waals surface area contributed by atoms with Gasteiger partial charge >= 0.3 is 0 Å². The van der Waals surface area contributed by atoms with Crippen LogP contribution in [0.1, 0.15) is 5.69 Å². The highest BCUT2D eigenvalue weighted by Crippen LogP contribution is 2.40. The Bertz CT molecular complexity index is 1090. The smallest absolute Gasteiger partial charge is 0.250 e. The molecule has 10 nitrogen and oxygen atoms in total. The lowest BCUT2D eigenvalue weighted by atomic mass is 10.1. The van der Waals surface area contributed by atoms with Gasteiger partial charge in [0, 0.05) is 29.4 Å². The second-order valence-corrected chi connectivity index (χ2v) is 6.71. The van der Waals surface area contributed by atoms with E-state index in [9.17, 15) is 4.79 Å². The fourth-order valence-electron chi connectivity index (χ4n) is 3.16. The highest BCUT2D eigenvalue weighted by Gasteiger charge is 2.17. The van der Waals surface area contributed by atoms with Crippen LogP contribution in [0.25, 0.3) is 11.3 Å². The summed E-state index contributed by atoms with van der Waals surface area (Å²) in [7, 11) is 4.51. The number of carbonyl (C=O) groups is 1. The predicted molar refractivity (Wildman–Crippen MR) is 112 cm³/mol. The second kappa shape index (κ2) is 9.48. The molecule has 1 N–H and O–H groups in total. The predicted octanol–water partition coefficient (Wildman–Crippen LogP) is 3.25. The Labute approximate surface area is 183 Å². The van der Waals surface area contributed by atoms with Crippen molar-refractivity contribution in [3.8, 4) is 40.1 Å². The van der Waals surface area contributed by atoms with Crippen LogP contribution in [0.3, 0.4) is 0 Å². The van der Waals surface area contributed by atoms with E-state index in [-0.39, 0.29) is 25.9 Å². The third-order valence-corrected chi connectivity index (χ3v) is 4.65. The Hall–Kier alpha value is -3.92. The van der Waals surface area contributed by atoms with Crippen molar-refractivity contribution in [3.63, 3.8) is 0 Å². The quantitative estimate of drug-likeness (QED) is 0.534. The molecule has 0 fully saturated rings. The number of carbonyl (C=O) groups excluding carboxylic acids is 1. The van der Waals surface area contributed by atoms with Crippen LogP contribution in [0.15, 0.2) is 40.9 Å². The van der Waals surface area contributed by atoms with Gasteiger partial charge in [0.15, 0.2) is 28.8 Å². The van der Waals surface area contributed by atoms with E-state index >= 15 is 0 Å². The van der Waals surface area contributed by atoms with E-state index in [1.807, 2.05) is 18.2 Å². The lowest BCUT2D eigenvalue weighted by molar-refractivity contribution is -0.121. The fraction of sp³-hybridized carbons (Fsp3) is 0.273. The Balaban J connectivity index is 1.32. The number of hydrogen-bond acceptors (Lipinski definition) is 9. The molecule has 0 bridgehead atoms. The van der Waals surface area contributed by atoms with E-state index in [1.54, 1.807) is 18.2 Å². The van der Waals surface area contributed by atoms with Crippen molar-refractivity contribution >= 4 is 11.6 Å². The number of methoxy groups -OCH3 is 3. The largest absolute Gasteiger partial charge is 0.493 e. The normalized spacial score (nSPS) is 11.8. The van der Waals surface area contributed by atoms with Gasteiger partial charge in [0.05, 0.1) is 27.9 Å². The number of fused-ring (bicyclic) bond motifs is 1. The maximum Gasteiger partial charge on any atom is 0.250 e. The summed E-state index contributed by atoms with van der Waals surface area (Å²) >= 11 is 0. The average molecular weight is 442 g/mol. The van der Waals surface area contributed by atoms with Crippen LogP contribution < -0.4 is 29.0 Å². The summed E-state index contributed by atoms with van der Waals surface area (Å²) in [5.41, 5.74) is 1.84. The Morgan fingerprint density at radius 1 is 1.00 bits per heavy atom. The minimum Gasteiger partial charge on any atom is -0.493 e. The number of ether oxygens (including phenoxy) is 6. The number of benzene rings is 2. The van der Waals surface area contributed by atoms with E-state index < -0.39 is 0 Å². The molecule has 0 unspecified atom stereocenters. The van der Waals surface area contributed by atoms with Gasteiger partial charge in [-0.1, -0.05) is 5.16 Å². The minimum atomic E-state index is -0.348. The molecule has 32 heavy (non-hydrogen) atoms. The van der Waals surface area contributed by atoms with Gasteiger partial charge in [-0.15, -0.1) is 0 Å². The molecule has 0 atom stereocenters. The molecule has 1 aromatic heterocycles. The zero-order chi connectivity index (χ0) is 22.5. The van der Waals surface area contributed by atoms with Gasteiger partial charge in [-0.05, 0) is 18.2 Å². The zero-order valence-electron chi connectivity index (χ0n) is 17.8. The van der Waals surface area contributed by atoms with E-state index in [0.717, 1.165) is 5.56 Å². The molecule has 1 aliphatic rings. The van der Waals surface area contributed by atoms with Crippen molar-refractivity contribution in [1.82, 2.24) is 5.16 Å². The number of rotatable bonds is 9. The molecule has 1 aliphatic heterocycles. The highest BCUT2D eigenvalue weighted by atomic mass is 16.7. The number of hydrogen-bond donors (Lipinski definition) is 1. The van der Waals surface area contributed by atoms with Crippen LogP contribution in [-0.4, -0.2) is 45.8 Å². The Kier molecular flexibility index (Phi) is 6.31. The summed E-state index contributed by atoms with van der Waals surface area (Å²) in [5.74, 6) is 2.86. The van der Waals surface area contributed by atoms with E-state index in [2.05, 4.69) is 10.5 Å². The van der Waals surface area contributed by atoms with Gasteiger partial charge in [0.2, 0.25) is 18.4 Å². The molecule has 4 rings (SSSR count). The molecule has 2 heterocycles. The molecule has 2 aromatic carbocycles. The van der Waals surface area contributed by atoms with Crippen LogP contribution in [0.2, 0.25) is 0 Å². The maximum absolute atomic E-state index is 12.3. The van der Waals surface area contributed by atoms with Gasteiger partial charge in [0.1, 0.15) is 12.3 Å². The Morgan fingerprint density at radius 3 is 2.47 bits per heavy atom. The molecular formula is C22H22N2O8. The summed E-state index contributed by atoms with van der Waals surface area (Å²) in [6.07, 6.45) is 0. The minimum absolute atomic E-state index is 0.108. The lowest BCUT2D eigenvalue weighted by Gasteiger charge is -2.14. The third-order valence-electron chi connectivity index (χ3n) is 4.65. The molecule has 0 aliphatic carbocycles. The number of nitrogens with one attached hydrogen (secondary N) is 1. The van der Waals surface area contributed by atoms with Crippen molar-refractivity contribution in [2.45, 2.75) is 6.61 Å². The third kappa shape index (κ3) is 4.54. The first kappa shape index (κ1) is 21.3. The van der Waals surface area contributed by atoms with Crippen LogP contribution in [0, 0.1) is 0 Å². The molecule has 3 aromatic rings. The number of nitrogens with zero attached hydrogens (tertiary/aromatic N) is 1. The van der Waals surface area contributed by atoms with Gasteiger partial charge in [-0.3, -0.25) is 4.79 Å². The molecule has 1 amide bonds. The average Bonchev–Trinajstić information content (AvgIpc) is 3.47. The zero-order valence-corrected chi connectivity index (χ0v) is 17.8. The van der Waals surface area contributed by atoms with E-state index in [4.69, 9.17) is 32.9 Å². The van der Waals surface area contributed by atoms with Crippen LogP contribution >= 0.6 is 0 Å². The summed E-state index contributed by atoms with van der Waals surface area (Å²) < 4.78 is 37.4. The summed E-state index contributed by atoms with van der Waals surface area (Å²) in [6.45, 7) is 0.131. The van der Waals surface area contributed by atoms with Gasteiger partial charge in [-0.25, -0.2) is 0 Å². The fourth-order valence-corrected chi connectivity index (χ4v) is 3.16. The maximum atomic E-state index is 12.3. The molecule has 0 saturated carbocycles. The first-order chi connectivity index (χ1) is 15.6. The van der Waals surface area contributed by atoms with Crippen LogP contribution in [0.4, 0.5) is 5.69 Å². The lowest BCUT2D eigenvalue weighted by Crippen LogP contribution is -2.18. The monoisotopic (exact) mass is 442 g/mol. The second-order valence-electron chi connectivity index (χ2n) is 6.71. The molecule has 10 heteroatoms. The van der Waals surface area contributed by atoms with Gasteiger partial charge in [0.25, 0.3) is 0 Å². The summed E-state index contributed by atoms with van der Waals surface area (Å²) in [4.78, 5) is 12.3. The first-order valence-electron chi connectivity index (χ1n) is 9.64. The summed E-state index contributed by atoms with van der Waals surface area (Å²) in [5, 5.41) is 6.72. The Morgan fingerprint density at radius 2 is 1.75 bits per heavy atom. The summed E-state index contributed by atoms with van der Waals surface area (Å²) in [6, 6.07) is 10.5. The van der Waals surface area contributed by atoms with Crippen molar-refractivity contribution in [1.29, 1.82) is 0 Å². The van der Waals surface area contributed by atoms with E-state index in [0.29, 0.717) is 45.9 Å². The SMILES string of the molecule is COc1cc(NC(=O)COCc2cc(-c3ccc4c(c3)OCO4)on2)cc(OC)c1OC. The van der Waals surface area contributed by atoms with Crippen molar-refractivity contribution in [2.75, 3.05) is 40.0 Å². The van der Waals surface area contributed by atoms with Crippen molar-refractivity contribution in [3.05, 3.63) is 42.1 Å². The molecule has 0 radical (unpaired) electrons. The number of anilines is 1. The molecule has 0 saturated heterocycles. The van der Waals surface area contributed by atoms with Gasteiger partial charge < -0.3 is 38.3 Å². The topological polar surface area (TPSA) is 111 Å². The number of aromatic nitrogens is 1. The van der Waals surface area contributed by atoms with E-state index in [1.165, 1.54) is 21.3 Å².